The van der Waals surface area contributed by atoms with Crippen LogP contribution in [0.15, 0.2) is 54.7 Å². The first-order valence-corrected chi connectivity index (χ1v) is 10.7. The number of hydrogen-bond donors (Lipinski definition) is 0. The van der Waals surface area contributed by atoms with Crippen LogP contribution in [0.5, 0.6) is 0 Å². The number of nitrogens with zero attached hydrogens (tertiary/aromatic N) is 3. The van der Waals surface area contributed by atoms with Crippen molar-refractivity contribution >= 4 is 34.8 Å². The Bertz CT molecular complexity index is 1040. The largest absolute Gasteiger partial charge is 0.307 e. The van der Waals surface area contributed by atoms with E-state index in [2.05, 4.69) is 15.3 Å². The Balaban J connectivity index is 1.67. The van der Waals surface area contributed by atoms with Gasteiger partial charge < -0.3 is 4.90 Å². The number of hydrogen-bond acceptors (Lipinski definition) is 1. The summed E-state index contributed by atoms with van der Waals surface area (Å²) in [6.45, 7) is 5.34. The van der Waals surface area contributed by atoms with Crippen LogP contribution in [0, 0.1) is 0 Å². The third-order valence-corrected chi connectivity index (χ3v) is 6.07. The molecule has 0 spiro atoms. The molecule has 0 unspecified atom stereocenters. The first kappa shape index (κ1) is 20.0. The summed E-state index contributed by atoms with van der Waals surface area (Å²) >= 11 is 12.3. The van der Waals surface area contributed by atoms with Crippen molar-refractivity contribution in [2.24, 2.45) is 0 Å². The van der Waals surface area contributed by atoms with E-state index in [1.807, 2.05) is 67.3 Å². The maximum absolute atomic E-state index is 13.3. The van der Waals surface area contributed by atoms with Gasteiger partial charge in [-0.1, -0.05) is 41.4 Å². The molecular formula is C23H24Cl2N3O+. The van der Waals surface area contributed by atoms with Crippen LogP contribution in [-0.4, -0.2) is 16.5 Å². The molecule has 4 nitrogen and oxygen atoms in total. The van der Waals surface area contributed by atoms with Gasteiger partial charge in [-0.2, -0.15) is 0 Å². The van der Waals surface area contributed by atoms with Crippen LogP contribution >= 0.6 is 23.2 Å². The van der Waals surface area contributed by atoms with Crippen LogP contribution in [0.3, 0.4) is 0 Å². The summed E-state index contributed by atoms with van der Waals surface area (Å²) in [6, 6.07) is 15.6. The first-order chi connectivity index (χ1) is 14.0. The maximum Gasteiger partial charge on any atom is 0.269 e. The summed E-state index contributed by atoms with van der Waals surface area (Å²) in [5.74, 6) is 1.26. The molecule has 0 bridgehead atoms. The molecule has 2 heterocycles. The van der Waals surface area contributed by atoms with E-state index >= 15 is 0 Å². The molecule has 0 saturated heterocycles. The Morgan fingerprint density at radius 1 is 1.14 bits per heavy atom. The molecule has 2 aromatic carbocycles. The van der Waals surface area contributed by atoms with Gasteiger partial charge in [-0.15, -0.1) is 0 Å². The number of para-hydroxylation sites is 1. The van der Waals surface area contributed by atoms with Gasteiger partial charge >= 0.3 is 0 Å². The highest BCUT2D eigenvalue weighted by atomic mass is 35.5. The van der Waals surface area contributed by atoms with E-state index < -0.39 is 0 Å². The SMILES string of the molecule is CC(C)N(C(=O)C[n+]1cc(-c2ccc(Cl)c(Cl)c2)n2c1CCC2)c1ccccc1. The lowest BCUT2D eigenvalue weighted by Gasteiger charge is -2.26. The van der Waals surface area contributed by atoms with Gasteiger partial charge in [0.05, 0.1) is 23.0 Å². The molecule has 0 N–H and O–H groups in total. The average Bonchev–Trinajstić information content (AvgIpc) is 3.29. The normalized spacial score (nSPS) is 13.0. The van der Waals surface area contributed by atoms with Gasteiger partial charge in [0, 0.05) is 17.3 Å². The van der Waals surface area contributed by atoms with E-state index in [1.165, 1.54) is 5.82 Å². The van der Waals surface area contributed by atoms with Gasteiger partial charge in [0.1, 0.15) is 6.20 Å². The minimum atomic E-state index is 0.0794. The molecule has 150 valence electrons. The highest BCUT2D eigenvalue weighted by molar-refractivity contribution is 6.42. The molecule has 1 aliphatic rings. The van der Waals surface area contributed by atoms with Crippen LogP contribution < -0.4 is 9.47 Å². The summed E-state index contributed by atoms with van der Waals surface area (Å²) in [5, 5.41) is 1.08. The fraction of sp³-hybridized carbons (Fsp3) is 0.304. The Kier molecular flexibility index (Phi) is 5.66. The standard InChI is InChI=1S/C23H24Cl2N3O/c1-16(2)28(18-7-4-3-5-8-18)23(29)15-26-14-21(27-12-6-9-22(26)27)17-10-11-19(24)20(25)13-17/h3-5,7-8,10-11,13-14,16H,6,9,12,15H2,1-2H3/q+1. The van der Waals surface area contributed by atoms with Gasteiger partial charge in [-0.05, 0) is 50.6 Å². The molecule has 1 amide bonds. The van der Waals surface area contributed by atoms with Crippen LogP contribution in [0.1, 0.15) is 26.1 Å². The number of anilines is 1. The van der Waals surface area contributed by atoms with E-state index in [-0.39, 0.29) is 11.9 Å². The van der Waals surface area contributed by atoms with Crippen molar-refractivity contribution < 1.29 is 9.36 Å². The monoisotopic (exact) mass is 428 g/mol. The number of halogens is 2. The summed E-state index contributed by atoms with van der Waals surface area (Å²) in [7, 11) is 0. The van der Waals surface area contributed by atoms with Crippen molar-refractivity contribution in [1.82, 2.24) is 4.57 Å². The number of amides is 1. The quantitative estimate of drug-likeness (QED) is 0.517. The lowest BCUT2D eigenvalue weighted by molar-refractivity contribution is -0.690. The number of rotatable bonds is 5. The van der Waals surface area contributed by atoms with Crippen molar-refractivity contribution in [2.45, 2.75) is 45.8 Å². The molecule has 0 fully saturated rings. The minimum Gasteiger partial charge on any atom is -0.307 e. The zero-order valence-electron chi connectivity index (χ0n) is 16.6. The molecule has 1 aliphatic heterocycles. The van der Waals surface area contributed by atoms with Crippen molar-refractivity contribution in [3.05, 3.63) is 70.6 Å². The predicted molar refractivity (Wildman–Crippen MR) is 117 cm³/mol. The fourth-order valence-electron chi connectivity index (χ4n) is 4.07. The number of carbonyl (C=O) groups excluding carboxylic acids is 1. The molecule has 4 rings (SSSR count). The Morgan fingerprint density at radius 3 is 2.59 bits per heavy atom. The second-order valence-electron chi connectivity index (χ2n) is 7.64. The topological polar surface area (TPSA) is 29.1 Å². The van der Waals surface area contributed by atoms with Gasteiger partial charge in [-0.25, -0.2) is 9.13 Å². The van der Waals surface area contributed by atoms with Crippen molar-refractivity contribution in [3.8, 4) is 11.3 Å². The predicted octanol–water partition coefficient (Wildman–Crippen LogP) is 5.14. The van der Waals surface area contributed by atoms with Crippen molar-refractivity contribution in [3.63, 3.8) is 0 Å². The molecule has 0 aliphatic carbocycles. The molecule has 0 saturated carbocycles. The van der Waals surface area contributed by atoms with E-state index in [0.717, 1.165) is 36.3 Å². The minimum absolute atomic E-state index is 0.0794. The average molecular weight is 429 g/mol. The number of fused-ring (bicyclic) bond motifs is 1. The summed E-state index contributed by atoms with van der Waals surface area (Å²) in [6.07, 6.45) is 4.10. The van der Waals surface area contributed by atoms with Gasteiger partial charge in [0.25, 0.3) is 11.7 Å². The zero-order chi connectivity index (χ0) is 20.5. The Labute approximate surface area is 181 Å². The number of aromatic nitrogens is 2. The summed E-state index contributed by atoms with van der Waals surface area (Å²) < 4.78 is 4.38. The van der Waals surface area contributed by atoms with Crippen LogP contribution in [-0.2, 0) is 24.3 Å². The number of carbonyl (C=O) groups is 1. The molecular weight excluding hydrogens is 405 g/mol. The Morgan fingerprint density at radius 2 is 1.90 bits per heavy atom. The molecule has 0 atom stereocenters. The number of imidazole rings is 1. The zero-order valence-corrected chi connectivity index (χ0v) is 18.1. The molecule has 0 radical (unpaired) electrons. The van der Waals surface area contributed by atoms with Gasteiger partial charge in [-0.3, -0.25) is 4.79 Å². The lowest BCUT2D eigenvalue weighted by atomic mass is 10.1. The van der Waals surface area contributed by atoms with Crippen molar-refractivity contribution in [2.75, 3.05) is 4.90 Å². The highest BCUT2D eigenvalue weighted by Crippen LogP contribution is 2.30. The first-order valence-electron chi connectivity index (χ1n) is 9.90. The lowest BCUT2D eigenvalue weighted by Crippen LogP contribution is -2.48. The fourth-order valence-corrected chi connectivity index (χ4v) is 4.37. The van der Waals surface area contributed by atoms with E-state index in [4.69, 9.17) is 23.2 Å². The van der Waals surface area contributed by atoms with Crippen molar-refractivity contribution in [1.29, 1.82) is 0 Å². The van der Waals surface area contributed by atoms with Crippen LogP contribution in [0.25, 0.3) is 11.3 Å². The molecule has 6 heteroatoms. The van der Waals surface area contributed by atoms with E-state index in [1.54, 1.807) is 0 Å². The maximum atomic E-state index is 13.3. The number of benzene rings is 2. The highest BCUT2D eigenvalue weighted by Gasteiger charge is 2.31. The van der Waals surface area contributed by atoms with Gasteiger partial charge in [0.15, 0.2) is 12.2 Å². The van der Waals surface area contributed by atoms with Gasteiger partial charge in [0.2, 0.25) is 0 Å². The summed E-state index contributed by atoms with van der Waals surface area (Å²) in [5.41, 5.74) is 3.01. The van der Waals surface area contributed by atoms with Crippen LogP contribution in [0.2, 0.25) is 10.0 Å². The van der Waals surface area contributed by atoms with Crippen LogP contribution in [0.4, 0.5) is 5.69 Å². The Hall–Kier alpha value is -2.30. The second-order valence-corrected chi connectivity index (χ2v) is 8.45. The molecule has 1 aromatic heterocycles. The molecule has 29 heavy (non-hydrogen) atoms. The van der Waals surface area contributed by atoms with E-state index in [9.17, 15) is 4.79 Å². The smallest absolute Gasteiger partial charge is 0.269 e. The van der Waals surface area contributed by atoms with E-state index in [0.29, 0.717) is 16.6 Å². The third kappa shape index (κ3) is 3.92. The second kappa shape index (κ2) is 8.21. The third-order valence-electron chi connectivity index (χ3n) is 5.33. The summed E-state index contributed by atoms with van der Waals surface area (Å²) in [4.78, 5) is 15.1. The molecule has 3 aromatic rings.